The summed E-state index contributed by atoms with van der Waals surface area (Å²) in [5, 5.41) is 2.83. The van der Waals surface area contributed by atoms with Gasteiger partial charge in [0.15, 0.2) is 0 Å². The second-order valence-corrected chi connectivity index (χ2v) is 5.14. The molecule has 0 fully saturated rings. The lowest BCUT2D eigenvalue weighted by Gasteiger charge is -2.10. The van der Waals surface area contributed by atoms with Gasteiger partial charge in [0.25, 0.3) is 0 Å². The van der Waals surface area contributed by atoms with Crippen LogP contribution in [0.25, 0.3) is 0 Å². The summed E-state index contributed by atoms with van der Waals surface area (Å²) in [7, 11) is 1.61. The van der Waals surface area contributed by atoms with Gasteiger partial charge in [-0.1, -0.05) is 12.1 Å². The highest BCUT2D eigenvalue weighted by Crippen LogP contribution is 2.19. The van der Waals surface area contributed by atoms with Crippen molar-refractivity contribution < 1.29 is 14.3 Å². The van der Waals surface area contributed by atoms with Crippen LogP contribution in [0, 0.1) is 13.8 Å². The summed E-state index contributed by atoms with van der Waals surface area (Å²) in [4.78, 5) is 11.9. The molecule has 0 radical (unpaired) electrons. The van der Waals surface area contributed by atoms with Gasteiger partial charge in [-0.05, 0) is 55.3 Å². The smallest absolute Gasteiger partial charge is 0.227 e. The summed E-state index contributed by atoms with van der Waals surface area (Å²) < 4.78 is 10.8. The first kappa shape index (κ1) is 15.9. The van der Waals surface area contributed by atoms with Crippen molar-refractivity contribution in [2.45, 2.75) is 20.3 Å². The number of hydrogen-bond donors (Lipinski definition) is 1. The zero-order valence-electron chi connectivity index (χ0n) is 13.2. The molecular weight excluding hydrogens is 278 g/mol. The van der Waals surface area contributed by atoms with Crippen molar-refractivity contribution in [3.63, 3.8) is 0 Å². The molecular formula is C18H21NO3. The van der Waals surface area contributed by atoms with Gasteiger partial charge in [0.05, 0.1) is 20.1 Å². The zero-order chi connectivity index (χ0) is 15.9. The maximum atomic E-state index is 11.9. The highest BCUT2D eigenvalue weighted by atomic mass is 16.5. The molecule has 1 N–H and O–H groups in total. The molecule has 0 unspecified atom stereocenters. The fourth-order valence-electron chi connectivity index (χ4n) is 2.01. The molecule has 0 aromatic heterocycles. The third kappa shape index (κ3) is 4.52. The van der Waals surface area contributed by atoms with Gasteiger partial charge in [-0.2, -0.15) is 0 Å². The number of benzene rings is 2. The lowest BCUT2D eigenvalue weighted by atomic mass is 10.1. The molecule has 22 heavy (non-hydrogen) atoms. The summed E-state index contributed by atoms with van der Waals surface area (Å²) in [5.74, 6) is 1.52. The Hall–Kier alpha value is -2.49. The lowest BCUT2D eigenvalue weighted by Crippen LogP contribution is -2.15. The number of anilines is 1. The first-order valence-corrected chi connectivity index (χ1v) is 7.22. The van der Waals surface area contributed by atoms with E-state index in [1.807, 2.05) is 56.3 Å². The van der Waals surface area contributed by atoms with E-state index in [1.54, 1.807) is 7.11 Å². The minimum atomic E-state index is -0.0736. The van der Waals surface area contributed by atoms with E-state index >= 15 is 0 Å². The molecule has 2 rings (SSSR count). The molecule has 0 bridgehead atoms. The van der Waals surface area contributed by atoms with E-state index in [2.05, 4.69) is 5.32 Å². The molecule has 0 saturated heterocycles. The SMILES string of the molecule is COc1ccc(NC(=O)CCOc2cc(C)ccc2C)cc1. The number of hydrogen-bond acceptors (Lipinski definition) is 3. The largest absolute Gasteiger partial charge is 0.497 e. The van der Waals surface area contributed by atoms with Crippen LogP contribution in [0.5, 0.6) is 11.5 Å². The van der Waals surface area contributed by atoms with Crippen molar-refractivity contribution in [2.75, 3.05) is 19.0 Å². The monoisotopic (exact) mass is 299 g/mol. The molecule has 0 spiro atoms. The molecule has 0 aliphatic rings. The molecule has 4 nitrogen and oxygen atoms in total. The Morgan fingerprint density at radius 2 is 1.82 bits per heavy atom. The minimum Gasteiger partial charge on any atom is -0.497 e. The average molecular weight is 299 g/mol. The Morgan fingerprint density at radius 1 is 1.09 bits per heavy atom. The van der Waals surface area contributed by atoms with Gasteiger partial charge in [0, 0.05) is 5.69 Å². The van der Waals surface area contributed by atoms with E-state index in [-0.39, 0.29) is 5.91 Å². The predicted molar refractivity (Wildman–Crippen MR) is 87.7 cm³/mol. The van der Waals surface area contributed by atoms with Crippen molar-refractivity contribution in [1.29, 1.82) is 0 Å². The highest BCUT2D eigenvalue weighted by molar-refractivity contribution is 5.90. The number of ether oxygens (including phenoxy) is 2. The van der Waals surface area contributed by atoms with Gasteiger partial charge in [0.2, 0.25) is 5.91 Å². The maximum absolute atomic E-state index is 11.9. The Morgan fingerprint density at radius 3 is 2.50 bits per heavy atom. The second-order valence-electron chi connectivity index (χ2n) is 5.14. The standard InChI is InChI=1S/C18H21NO3/c1-13-4-5-14(2)17(12-13)22-11-10-18(20)19-15-6-8-16(21-3)9-7-15/h4-9,12H,10-11H2,1-3H3,(H,19,20). The fraction of sp³-hybridized carbons (Fsp3) is 0.278. The van der Waals surface area contributed by atoms with Gasteiger partial charge in [-0.15, -0.1) is 0 Å². The molecule has 0 aliphatic carbocycles. The van der Waals surface area contributed by atoms with Crippen LogP contribution >= 0.6 is 0 Å². The second kappa shape index (κ2) is 7.50. The Kier molecular flexibility index (Phi) is 5.42. The molecule has 2 aromatic rings. The highest BCUT2D eigenvalue weighted by Gasteiger charge is 2.05. The van der Waals surface area contributed by atoms with Crippen LogP contribution in [0.2, 0.25) is 0 Å². The number of aryl methyl sites for hydroxylation is 2. The van der Waals surface area contributed by atoms with Crippen molar-refractivity contribution in [2.24, 2.45) is 0 Å². The number of methoxy groups -OCH3 is 1. The van der Waals surface area contributed by atoms with Gasteiger partial charge in [-0.3, -0.25) is 4.79 Å². The summed E-state index contributed by atoms with van der Waals surface area (Å²) >= 11 is 0. The van der Waals surface area contributed by atoms with Crippen LogP contribution in [0.4, 0.5) is 5.69 Å². The van der Waals surface area contributed by atoms with Gasteiger partial charge < -0.3 is 14.8 Å². The fourth-order valence-corrected chi connectivity index (χ4v) is 2.01. The zero-order valence-corrected chi connectivity index (χ0v) is 13.2. The Labute approximate surface area is 131 Å². The molecule has 0 aliphatic heterocycles. The first-order valence-electron chi connectivity index (χ1n) is 7.22. The van der Waals surface area contributed by atoms with E-state index in [0.717, 1.165) is 28.3 Å². The predicted octanol–water partition coefficient (Wildman–Crippen LogP) is 3.72. The first-order chi connectivity index (χ1) is 10.6. The van der Waals surface area contributed by atoms with Crippen molar-refractivity contribution in [3.05, 3.63) is 53.6 Å². The lowest BCUT2D eigenvalue weighted by molar-refractivity contribution is -0.116. The van der Waals surface area contributed by atoms with Crippen LogP contribution in [0.15, 0.2) is 42.5 Å². The number of amides is 1. The summed E-state index contributed by atoms with van der Waals surface area (Å²) in [5.41, 5.74) is 2.96. The number of carbonyl (C=O) groups excluding carboxylic acids is 1. The van der Waals surface area contributed by atoms with Crippen LogP contribution in [-0.4, -0.2) is 19.6 Å². The molecule has 1 amide bonds. The van der Waals surface area contributed by atoms with E-state index in [4.69, 9.17) is 9.47 Å². The molecule has 4 heteroatoms. The molecule has 2 aromatic carbocycles. The molecule has 0 heterocycles. The van der Waals surface area contributed by atoms with Crippen LogP contribution < -0.4 is 14.8 Å². The van der Waals surface area contributed by atoms with Gasteiger partial charge >= 0.3 is 0 Å². The third-order valence-corrected chi connectivity index (χ3v) is 3.30. The van der Waals surface area contributed by atoms with Crippen molar-refractivity contribution in [1.82, 2.24) is 0 Å². The van der Waals surface area contributed by atoms with Gasteiger partial charge in [-0.25, -0.2) is 0 Å². The summed E-state index contributed by atoms with van der Waals surface area (Å²) in [6.07, 6.45) is 0.305. The molecule has 0 atom stereocenters. The van der Waals surface area contributed by atoms with Crippen LogP contribution in [0.1, 0.15) is 17.5 Å². The topological polar surface area (TPSA) is 47.6 Å². The maximum Gasteiger partial charge on any atom is 0.227 e. The van der Waals surface area contributed by atoms with E-state index in [0.29, 0.717) is 13.0 Å². The van der Waals surface area contributed by atoms with Crippen molar-refractivity contribution in [3.8, 4) is 11.5 Å². The quantitative estimate of drug-likeness (QED) is 0.884. The van der Waals surface area contributed by atoms with E-state index < -0.39 is 0 Å². The number of nitrogens with one attached hydrogen (secondary N) is 1. The van der Waals surface area contributed by atoms with Gasteiger partial charge in [0.1, 0.15) is 11.5 Å². The minimum absolute atomic E-state index is 0.0736. The van der Waals surface area contributed by atoms with Crippen LogP contribution in [-0.2, 0) is 4.79 Å². The normalized spacial score (nSPS) is 10.1. The van der Waals surface area contributed by atoms with Crippen molar-refractivity contribution >= 4 is 11.6 Å². The van der Waals surface area contributed by atoms with E-state index in [9.17, 15) is 4.79 Å². The Bertz CT molecular complexity index is 635. The summed E-state index contributed by atoms with van der Waals surface area (Å²) in [6, 6.07) is 13.3. The number of rotatable bonds is 6. The number of carbonyl (C=O) groups is 1. The van der Waals surface area contributed by atoms with Crippen LogP contribution in [0.3, 0.4) is 0 Å². The Balaban J connectivity index is 1.81. The average Bonchev–Trinajstić information content (AvgIpc) is 2.51. The molecule has 116 valence electrons. The third-order valence-electron chi connectivity index (χ3n) is 3.30. The molecule has 0 saturated carbocycles. The summed E-state index contributed by atoms with van der Waals surface area (Å²) in [6.45, 7) is 4.36. The van der Waals surface area contributed by atoms with E-state index in [1.165, 1.54) is 0 Å².